The number of carbonyl (C=O) groups is 1. The molecule has 3 heteroatoms. The van der Waals surface area contributed by atoms with E-state index in [0.29, 0.717) is 0 Å². The van der Waals surface area contributed by atoms with E-state index in [1.807, 2.05) is 4.90 Å². The van der Waals surface area contributed by atoms with Crippen LogP contribution in [0.25, 0.3) is 0 Å². The largest absolute Gasteiger partial charge is 0.378 e. The first kappa shape index (κ1) is 9.64. The number of rotatable bonds is 0. The minimum Gasteiger partial charge on any atom is -0.378 e. The van der Waals surface area contributed by atoms with E-state index in [4.69, 9.17) is 4.74 Å². The van der Waals surface area contributed by atoms with E-state index in [2.05, 4.69) is 23.8 Å². The Bertz CT molecular complexity index is 294. The van der Waals surface area contributed by atoms with Gasteiger partial charge in [0.2, 0.25) is 5.78 Å². The Kier molecular flexibility index (Phi) is 3.88. The normalized spacial score (nSPS) is 15.0. The summed E-state index contributed by atoms with van der Waals surface area (Å²) in [6.07, 6.45) is 0. The molecule has 1 aliphatic heterocycles. The molecule has 0 aromatic rings. The van der Waals surface area contributed by atoms with Gasteiger partial charge in [-0.2, -0.15) is 0 Å². The number of carbonyl (C=O) groups excluding carboxylic acids is 1. The molecule has 0 bridgehead atoms. The summed E-state index contributed by atoms with van der Waals surface area (Å²) in [5, 5.41) is 0. The molecule has 1 fully saturated rings. The summed E-state index contributed by atoms with van der Waals surface area (Å²) in [6.45, 7) is 4.48. The topological polar surface area (TPSA) is 29.5 Å². The Hall–Kier alpha value is -1.45. The van der Waals surface area contributed by atoms with Crippen LogP contribution in [0.15, 0.2) is 0 Å². The highest BCUT2D eigenvalue weighted by Crippen LogP contribution is 1.92. The molecule has 1 rings (SSSR count). The number of ketones is 1. The number of nitrogens with zero attached hydrogens (tertiary/aromatic N) is 1. The lowest BCUT2D eigenvalue weighted by molar-refractivity contribution is -0.111. The highest BCUT2D eigenvalue weighted by molar-refractivity contribution is 5.93. The van der Waals surface area contributed by atoms with Crippen LogP contribution in [-0.4, -0.2) is 37.0 Å². The predicted octanol–water partition coefficient (Wildman–Crippen LogP) is -0.128. The first-order chi connectivity index (χ1) is 6.29. The van der Waals surface area contributed by atoms with Gasteiger partial charge in [0.25, 0.3) is 0 Å². The maximum atomic E-state index is 10.4. The number of morpholine rings is 1. The maximum Gasteiger partial charge on any atom is 0.203 e. The molecule has 1 heterocycles. The van der Waals surface area contributed by atoms with E-state index in [-0.39, 0.29) is 5.78 Å². The fraction of sp³-hybridized carbons (Fsp3) is 0.500. The van der Waals surface area contributed by atoms with Crippen molar-refractivity contribution in [1.29, 1.82) is 0 Å². The highest BCUT2D eigenvalue weighted by atomic mass is 16.5. The van der Waals surface area contributed by atoms with Crippen LogP contribution in [0.4, 0.5) is 0 Å². The summed E-state index contributed by atoms with van der Waals surface area (Å²) in [4.78, 5) is 12.4. The van der Waals surface area contributed by atoms with Crippen LogP contribution < -0.4 is 0 Å². The van der Waals surface area contributed by atoms with Crippen LogP contribution >= 0.6 is 0 Å². The predicted molar refractivity (Wildman–Crippen MR) is 48.6 cm³/mol. The molecule has 1 aliphatic rings. The van der Waals surface area contributed by atoms with Crippen LogP contribution in [-0.2, 0) is 9.53 Å². The summed E-state index contributed by atoms with van der Waals surface area (Å²) in [5.41, 5.74) is 0. The quantitative estimate of drug-likeness (QED) is 0.381. The van der Waals surface area contributed by atoms with E-state index < -0.39 is 0 Å². The van der Waals surface area contributed by atoms with Gasteiger partial charge in [0, 0.05) is 32.0 Å². The van der Waals surface area contributed by atoms with Gasteiger partial charge in [-0.25, -0.2) is 0 Å². The molecule has 0 amide bonds. The molecule has 0 aromatic carbocycles. The number of ether oxygens (including phenoxy) is 1. The lowest BCUT2D eigenvalue weighted by atomic mass is 10.4. The van der Waals surface area contributed by atoms with Crippen LogP contribution in [0.5, 0.6) is 0 Å². The van der Waals surface area contributed by atoms with Gasteiger partial charge in [-0.05, 0) is 11.8 Å². The third-order valence-electron chi connectivity index (χ3n) is 1.53. The van der Waals surface area contributed by atoms with E-state index in [1.54, 1.807) is 0 Å². The number of hydrogen-bond donors (Lipinski definition) is 0. The molecule has 0 aromatic heterocycles. The Morgan fingerprint density at radius 2 is 2.00 bits per heavy atom. The van der Waals surface area contributed by atoms with Crippen molar-refractivity contribution in [2.75, 3.05) is 26.3 Å². The SMILES string of the molecule is CC(=O)C#CC#CN1CCOCC1. The van der Waals surface area contributed by atoms with Crippen molar-refractivity contribution < 1.29 is 9.53 Å². The second kappa shape index (κ2) is 5.24. The van der Waals surface area contributed by atoms with Gasteiger partial charge in [-0.1, -0.05) is 0 Å². The lowest BCUT2D eigenvalue weighted by Gasteiger charge is -2.22. The third kappa shape index (κ3) is 4.20. The van der Waals surface area contributed by atoms with Gasteiger partial charge in [0.15, 0.2) is 0 Å². The molecular formula is C10H11NO2. The van der Waals surface area contributed by atoms with E-state index in [0.717, 1.165) is 26.3 Å². The van der Waals surface area contributed by atoms with Crippen LogP contribution in [0.2, 0.25) is 0 Å². The molecule has 0 unspecified atom stereocenters. The summed E-state index contributed by atoms with van der Waals surface area (Å²) in [6, 6.07) is 2.85. The molecule has 1 saturated heterocycles. The van der Waals surface area contributed by atoms with Gasteiger partial charge in [-0.3, -0.25) is 4.79 Å². The Morgan fingerprint density at radius 3 is 2.62 bits per heavy atom. The summed E-state index contributed by atoms with van der Waals surface area (Å²) in [5.74, 6) is 7.32. The third-order valence-corrected chi connectivity index (χ3v) is 1.53. The van der Waals surface area contributed by atoms with Crippen molar-refractivity contribution in [3.05, 3.63) is 0 Å². The first-order valence-electron chi connectivity index (χ1n) is 4.14. The smallest absolute Gasteiger partial charge is 0.203 e. The monoisotopic (exact) mass is 177 g/mol. The fourth-order valence-electron chi connectivity index (χ4n) is 0.901. The molecule has 0 atom stereocenters. The molecule has 0 N–H and O–H groups in total. The molecule has 0 saturated carbocycles. The van der Waals surface area contributed by atoms with Crippen LogP contribution in [0.3, 0.4) is 0 Å². The molecule has 68 valence electrons. The molecule has 0 spiro atoms. The minimum absolute atomic E-state index is 0.156. The molecule has 3 nitrogen and oxygen atoms in total. The first-order valence-corrected chi connectivity index (χ1v) is 4.14. The molecule has 13 heavy (non-hydrogen) atoms. The minimum atomic E-state index is -0.156. The van der Waals surface area contributed by atoms with Crippen molar-refractivity contribution in [2.24, 2.45) is 0 Å². The van der Waals surface area contributed by atoms with Gasteiger partial charge in [0.05, 0.1) is 13.2 Å². The number of hydrogen-bond acceptors (Lipinski definition) is 3. The van der Waals surface area contributed by atoms with E-state index >= 15 is 0 Å². The van der Waals surface area contributed by atoms with Gasteiger partial charge in [0.1, 0.15) is 0 Å². The zero-order valence-corrected chi connectivity index (χ0v) is 7.59. The average molecular weight is 177 g/mol. The second-order valence-corrected chi connectivity index (χ2v) is 2.64. The number of Topliss-reactive ketones (excluding diaryl/α,β-unsaturated/α-hetero) is 1. The van der Waals surface area contributed by atoms with Crippen LogP contribution in [0, 0.1) is 23.8 Å². The second-order valence-electron chi connectivity index (χ2n) is 2.64. The summed E-state index contributed by atoms with van der Waals surface area (Å²) >= 11 is 0. The van der Waals surface area contributed by atoms with E-state index in [1.165, 1.54) is 6.92 Å². The van der Waals surface area contributed by atoms with Crippen molar-refractivity contribution in [3.63, 3.8) is 0 Å². The zero-order valence-electron chi connectivity index (χ0n) is 7.59. The van der Waals surface area contributed by atoms with Crippen molar-refractivity contribution in [2.45, 2.75) is 6.92 Å². The molecular weight excluding hydrogens is 166 g/mol. The molecule has 0 radical (unpaired) electrons. The Balaban J connectivity index is 2.38. The summed E-state index contributed by atoms with van der Waals surface area (Å²) in [7, 11) is 0. The van der Waals surface area contributed by atoms with Crippen molar-refractivity contribution in [3.8, 4) is 23.8 Å². The fourth-order valence-corrected chi connectivity index (χ4v) is 0.901. The molecule has 0 aliphatic carbocycles. The zero-order chi connectivity index (χ0) is 9.52. The maximum absolute atomic E-state index is 10.4. The Labute approximate surface area is 78.1 Å². The Morgan fingerprint density at radius 1 is 1.31 bits per heavy atom. The van der Waals surface area contributed by atoms with Gasteiger partial charge < -0.3 is 9.64 Å². The van der Waals surface area contributed by atoms with E-state index in [9.17, 15) is 4.79 Å². The lowest BCUT2D eigenvalue weighted by Crippen LogP contribution is -2.32. The van der Waals surface area contributed by atoms with Gasteiger partial charge >= 0.3 is 0 Å². The van der Waals surface area contributed by atoms with Gasteiger partial charge in [-0.15, -0.1) is 0 Å². The van der Waals surface area contributed by atoms with Crippen LogP contribution in [0.1, 0.15) is 6.92 Å². The average Bonchev–Trinajstić information content (AvgIpc) is 2.14. The van der Waals surface area contributed by atoms with Crippen molar-refractivity contribution >= 4 is 5.78 Å². The standard InChI is InChI=1S/C10H11NO2/c1-10(12)4-2-3-5-11-6-8-13-9-7-11/h6-9H2,1H3. The highest BCUT2D eigenvalue weighted by Gasteiger charge is 2.04. The van der Waals surface area contributed by atoms with Crippen molar-refractivity contribution in [1.82, 2.24) is 4.90 Å². The summed E-state index contributed by atoms with van der Waals surface area (Å²) < 4.78 is 5.14.